The molecule has 0 bridgehead atoms. The van der Waals surface area contributed by atoms with Gasteiger partial charge in [-0.2, -0.15) is 0 Å². The van der Waals surface area contributed by atoms with Gasteiger partial charge < -0.3 is 15.0 Å². The number of ether oxygens (including phenoxy) is 1. The molecule has 0 saturated carbocycles. The first-order valence-corrected chi connectivity index (χ1v) is 6.92. The molecule has 104 valence electrons. The third-order valence-electron chi connectivity index (χ3n) is 3.59. The molecule has 2 rings (SSSR count). The van der Waals surface area contributed by atoms with Gasteiger partial charge in [-0.25, -0.2) is 4.79 Å². The molecule has 0 aromatic heterocycles. The topological polar surface area (TPSA) is 41.6 Å². The van der Waals surface area contributed by atoms with Gasteiger partial charge in [-0.1, -0.05) is 13.3 Å². The molecule has 0 aliphatic carbocycles. The van der Waals surface area contributed by atoms with Crippen LogP contribution >= 0.6 is 0 Å². The van der Waals surface area contributed by atoms with Crippen LogP contribution in [-0.2, 0) is 4.74 Å². The Bertz CT molecular complexity index is 415. The molecule has 1 heterocycles. The van der Waals surface area contributed by atoms with Crippen molar-refractivity contribution in [2.24, 2.45) is 0 Å². The summed E-state index contributed by atoms with van der Waals surface area (Å²) in [6.45, 7) is 5.28. The van der Waals surface area contributed by atoms with Crippen molar-refractivity contribution in [3.05, 3.63) is 29.8 Å². The Labute approximate surface area is 114 Å². The molecule has 0 spiro atoms. The number of anilines is 1. The minimum absolute atomic E-state index is 0.281. The van der Waals surface area contributed by atoms with Gasteiger partial charge in [0.05, 0.1) is 12.7 Å². The Hall–Kier alpha value is -1.55. The summed E-state index contributed by atoms with van der Waals surface area (Å²) in [5, 5.41) is 3.44. The van der Waals surface area contributed by atoms with Crippen molar-refractivity contribution < 1.29 is 9.53 Å². The first-order valence-electron chi connectivity index (χ1n) is 6.92. The number of nitrogens with zero attached hydrogens (tertiary/aromatic N) is 1. The summed E-state index contributed by atoms with van der Waals surface area (Å²) in [5.74, 6) is -0.281. The Balaban J connectivity index is 2.13. The van der Waals surface area contributed by atoms with Crippen molar-refractivity contribution in [2.45, 2.75) is 25.8 Å². The highest BCUT2D eigenvalue weighted by molar-refractivity contribution is 5.89. The van der Waals surface area contributed by atoms with E-state index in [1.54, 1.807) is 0 Å². The first-order chi connectivity index (χ1) is 9.26. The number of rotatable bonds is 4. The van der Waals surface area contributed by atoms with Crippen molar-refractivity contribution in [3.63, 3.8) is 0 Å². The monoisotopic (exact) mass is 262 g/mol. The molecule has 4 nitrogen and oxygen atoms in total. The van der Waals surface area contributed by atoms with Crippen LogP contribution in [0, 0.1) is 0 Å². The average molecular weight is 262 g/mol. The number of carbonyl (C=O) groups is 1. The van der Waals surface area contributed by atoms with Crippen molar-refractivity contribution in [3.8, 4) is 0 Å². The lowest BCUT2D eigenvalue weighted by Gasteiger charge is -2.38. The second-order valence-electron chi connectivity index (χ2n) is 4.88. The summed E-state index contributed by atoms with van der Waals surface area (Å²) in [6, 6.07) is 8.25. The molecule has 0 unspecified atom stereocenters. The maximum Gasteiger partial charge on any atom is 0.337 e. The number of methoxy groups -OCH3 is 1. The second-order valence-corrected chi connectivity index (χ2v) is 4.88. The van der Waals surface area contributed by atoms with E-state index in [0.29, 0.717) is 11.6 Å². The molecule has 0 radical (unpaired) electrons. The van der Waals surface area contributed by atoms with E-state index in [9.17, 15) is 4.79 Å². The molecule has 1 aliphatic heterocycles. The Morgan fingerprint density at radius 1 is 1.42 bits per heavy atom. The van der Waals surface area contributed by atoms with Crippen LogP contribution in [0.2, 0.25) is 0 Å². The Morgan fingerprint density at radius 2 is 2.16 bits per heavy atom. The fourth-order valence-corrected chi connectivity index (χ4v) is 2.60. The fourth-order valence-electron chi connectivity index (χ4n) is 2.60. The highest BCUT2D eigenvalue weighted by Crippen LogP contribution is 2.21. The normalized spacial score (nSPS) is 19.3. The van der Waals surface area contributed by atoms with Crippen LogP contribution in [0.25, 0.3) is 0 Å². The van der Waals surface area contributed by atoms with Crippen LogP contribution < -0.4 is 10.2 Å². The number of esters is 1. The maximum absolute atomic E-state index is 11.4. The van der Waals surface area contributed by atoms with E-state index in [0.717, 1.165) is 19.6 Å². The zero-order valence-corrected chi connectivity index (χ0v) is 11.7. The summed E-state index contributed by atoms with van der Waals surface area (Å²) in [4.78, 5) is 13.9. The van der Waals surface area contributed by atoms with Gasteiger partial charge in [-0.05, 0) is 30.7 Å². The summed E-state index contributed by atoms with van der Waals surface area (Å²) in [5.41, 5.74) is 1.79. The van der Waals surface area contributed by atoms with Gasteiger partial charge in [0.2, 0.25) is 0 Å². The second kappa shape index (κ2) is 6.57. The van der Waals surface area contributed by atoms with Crippen LogP contribution in [0.3, 0.4) is 0 Å². The lowest BCUT2D eigenvalue weighted by molar-refractivity contribution is 0.0601. The lowest BCUT2D eigenvalue weighted by atomic mass is 10.1. The fraction of sp³-hybridized carbons (Fsp3) is 0.533. The van der Waals surface area contributed by atoms with Crippen molar-refractivity contribution in [1.29, 1.82) is 0 Å². The number of piperazine rings is 1. The highest BCUT2D eigenvalue weighted by atomic mass is 16.5. The van der Waals surface area contributed by atoms with E-state index in [4.69, 9.17) is 4.74 Å². The van der Waals surface area contributed by atoms with Gasteiger partial charge >= 0.3 is 5.97 Å². The summed E-state index contributed by atoms with van der Waals surface area (Å²) in [6.07, 6.45) is 2.37. The molecule has 1 aliphatic rings. The van der Waals surface area contributed by atoms with Crippen molar-refractivity contribution in [1.82, 2.24) is 5.32 Å². The molecule has 1 fully saturated rings. The van der Waals surface area contributed by atoms with Gasteiger partial charge in [0.1, 0.15) is 0 Å². The number of hydrogen-bond acceptors (Lipinski definition) is 4. The van der Waals surface area contributed by atoms with E-state index in [2.05, 4.69) is 17.1 Å². The smallest absolute Gasteiger partial charge is 0.337 e. The molecule has 1 N–H and O–H groups in total. The summed E-state index contributed by atoms with van der Waals surface area (Å²) in [7, 11) is 1.41. The Morgan fingerprint density at radius 3 is 2.79 bits per heavy atom. The lowest BCUT2D eigenvalue weighted by Crippen LogP contribution is -2.51. The molecule has 4 heteroatoms. The number of carbonyl (C=O) groups excluding carboxylic acids is 1. The van der Waals surface area contributed by atoms with E-state index >= 15 is 0 Å². The molecule has 1 saturated heterocycles. The standard InChI is InChI=1S/C15H22N2O2/c1-3-4-14-11-16-9-10-17(14)13-7-5-12(6-8-13)15(18)19-2/h5-8,14,16H,3-4,9-11H2,1-2H3/t14-/m1/s1. The number of hydrogen-bond donors (Lipinski definition) is 1. The molecule has 1 aromatic rings. The third kappa shape index (κ3) is 3.26. The quantitative estimate of drug-likeness (QED) is 0.843. The van der Waals surface area contributed by atoms with Crippen LogP contribution in [0.4, 0.5) is 5.69 Å². The maximum atomic E-state index is 11.4. The zero-order chi connectivity index (χ0) is 13.7. The van der Waals surface area contributed by atoms with Gasteiger partial charge in [0, 0.05) is 31.4 Å². The molecule has 0 amide bonds. The molecular formula is C15H22N2O2. The van der Waals surface area contributed by atoms with E-state index < -0.39 is 0 Å². The molecule has 19 heavy (non-hydrogen) atoms. The van der Waals surface area contributed by atoms with Crippen molar-refractivity contribution in [2.75, 3.05) is 31.6 Å². The van der Waals surface area contributed by atoms with Crippen LogP contribution in [0.15, 0.2) is 24.3 Å². The average Bonchev–Trinajstić information content (AvgIpc) is 2.47. The summed E-state index contributed by atoms with van der Waals surface area (Å²) >= 11 is 0. The van der Waals surface area contributed by atoms with Gasteiger partial charge in [0.15, 0.2) is 0 Å². The van der Waals surface area contributed by atoms with Gasteiger partial charge in [-0.3, -0.25) is 0 Å². The van der Waals surface area contributed by atoms with E-state index in [-0.39, 0.29) is 5.97 Å². The SMILES string of the molecule is CCC[C@@H]1CNCCN1c1ccc(C(=O)OC)cc1. The Kier molecular flexibility index (Phi) is 4.80. The minimum Gasteiger partial charge on any atom is -0.465 e. The largest absolute Gasteiger partial charge is 0.465 e. The predicted molar refractivity (Wildman–Crippen MR) is 76.7 cm³/mol. The number of nitrogens with one attached hydrogen (secondary N) is 1. The molecule has 1 atom stereocenters. The van der Waals surface area contributed by atoms with E-state index in [1.165, 1.54) is 25.6 Å². The first kappa shape index (κ1) is 13.9. The van der Waals surface area contributed by atoms with Crippen LogP contribution in [0.1, 0.15) is 30.1 Å². The molecule has 1 aromatic carbocycles. The van der Waals surface area contributed by atoms with Gasteiger partial charge in [0.25, 0.3) is 0 Å². The zero-order valence-electron chi connectivity index (χ0n) is 11.7. The van der Waals surface area contributed by atoms with Crippen LogP contribution in [-0.4, -0.2) is 38.8 Å². The molecular weight excluding hydrogens is 240 g/mol. The van der Waals surface area contributed by atoms with E-state index in [1.807, 2.05) is 24.3 Å². The van der Waals surface area contributed by atoms with Crippen LogP contribution in [0.5, 0.6) is 0 Å². The van der Waals surface area contributed by atoms with Crippen molar-refractivity contribution >= 4 is 11.7 Å². The predicted octanol–water partition coefficient (Wildman–Crippen LogP) is 2.05. The van der Waals surface area contributed by atoms with Gasteiger partial charge in [-0.15, -0.1) is 0 Å². The summed E-state index contributed by atoms with van der Waals surface area (Å²) < 4.78 is 4.72. The highest BCUT2D eigenvalue weighted by Gasteiger charge is 2.21. The number of benzene rings is 1. The minimum atomic E-state index is -0.281. The third-order valence-corrected chi connectivity index (χ3v) is 3.59.